The lowest BCUT2D eigenvalue weighted by Gasteiger charge is -2.18. The molecule has 0 bridgehead atoms. The average Bonchev–Trinajstić information content (AvgIpc) is 2.94. The second-order valence-electron chi connectivity index (χ2n) is 4.43. The number of likely N-dealkylation sites (N-methyl/N-ethyl adjacent to an activating group) is 1. The van der Waals surface area contributed by atoms with Crippen molar-refractivity contribution in [3.8, 4) is 0 Å². The lowest BCUT2D eigenvalue weighted by Crippen LogP contribution is -2.40. The third kappa shape index (κ3) is 3.06. The number of thiophene rings is 1. The number of nitrogens with zero attached hydrogens (tertiary/aromatic N) is 1. The summed E-state index contributed by atoms with van der Waals surface area (Å²) in [6.07, 6.45) is 2.09. The Morgan fingerprint density at radius 3 is 2.94 bits per heavy atom. The molecule has 0 saturated carbocycles. The Bertz CT molecular complexity index is 391. The fourth-order valence-corrected chi connectivity index (χ4v) is 3.00. The van der Waals surface area contributed by atoms with E-state index in [0.29, 0.717) is 13.1 Å². The molecule has 1 unspecified atom stereocenters. The molecule has 0 spiro atoms. The summed E-state index contributed by atoms with van der Waals surface area (Å²) in [5, 5.41) is 3.00. The van der Waals surface area contributed by atoms with E-state index < -0.39 is 0 Å². The van der Waals surface area contributed by atoms with E-state index in [4.69, 9.17) is 5.73 Å². The van der Waals surface area contributed by atoms with Gasteiger partial charge in [-0.1, -0.05) is 0 Å². The van der Waals surface area contributed by atoms with Crippen molar-refractivity contribution in [1.29, 1.82) is 0 Å². The minimum Gasteiger partial charge on any atom is -0.350 e. The normalized spacial score (nSPS) is 20.7. The van der Waals surface area contributed by atoms with Crippen LogP contribution in [0.25, 0.3) is 0 Å². The van der Waals surface area contributed by atoms with Crippen molar-refractivity contribution in [3.05, 3.63) is 21.9 Å². The van der Waals surface area contributed by atoms with Crippen LogP contribution in [0.1, 0.15) is 22.6 Å². The van der Waals surface area contributed by atoms with Crippen molar-refractivity contribution in [1.82, 2.24) is 10.2 Å². The zero-order valence-corrected chi connectivity index (χ0v) is 10.9. The first-order valence-corrected chi connectivity index (χ1v) is 6.78. The average molecular weight is 253 g/mol. The molecule has 2 heterocycles. The lowest BCUT2D eigenvalue weighted by atomic mass is 10.2. The number of nitrogens with one attached hydrogen (secondary N) is 1. The summed E-state index contributed by atoms with van der Waals surface area (Å²) in [5.41, 5.74) is 5.55. The van der Waals surface area contributed by atoms with E-state index in [1.807, 2.05) is 19.2 Å². The topological polar surface area (TPSA) is 58.4 Å². The summed E-state index contributed by atoms with van der Waals surface area (Å²) in [6.45, 7) is 2.21. The van der Waals surface area contributed by atoms with E-state index in [1.54, 1.807) is 11.3 Å². The molecule has 5 heteroatoms. The Morgan fingerprint density at radius 1 is 1.59 bits per heavy atom. The van der Waals surface area contributed by atoms with Gasteiger partial charge in [-0.2, -0.15) is 0 Å². The van der Waals surface area contributed by atoms with E-state index in [1.165, 1.54) is 4.88 Å². The third-order valence-electron chi connectivity index (χ3n) is 3.18. The number of hydrogen-bond acceptors (Lipinski definition) is 4. The van der Waals surface area contributed by atoms with Crippen molar-refractivity contribution in [2.24, 2.45) is 5.73 Å². The van der Waals surface area contributed by atoms with Crippen molar-refractivity contribution in [3.63, 3.8) is 0 Å². The molecule has 1 aliphatic rings. The van der Waals surface area contributed by atoms with Crippen LogP contribution in [0.3, 0.4) is 0 Å². The minimum absolute atomic E-state index is 0.0592. The molecule has 94 valence electrons. The van der Waals surface area contributed by atoms with Crippen molar-refractivity contribution in [2.75, 3.05) is 13.6 Å². The second-order valence-corrected chi connectivity index (χ2v) is 5.68. The molecule has 1 saturated heterocycles. The molecule has 1 amide bonds. The number of rotatable bonds is 4. The van der Waals surface area contributed by atoms with Gasteiger partial charge in [0.2, 0.25) is 5.91 Å². The number of amides is 1. The van der Waals surface area contributed by atoms with Gasteiger partial charge in [-0.15, -0.1) is 11.3 Å². The molecular weight excluding hydrogens is 234 g/mol. The number of nitrogens with two attached hydrogens (primary N) is 1. The van der Waals surface area contributed by atoms with Gasteiger partial charge in [0.05, 0.1) is 12.6 Å². The predicted molar refractivity (Wildman–Crippen MR) is 69.7 cm³/mol. The van der Waals surface area contributed by atoms with Gasteiger partial charge in [0.25, 0.3) is 0 Å². The van der Waals surface area contributed by atoms with Crippen LogP contribution >= 0.6 is 11.3 Å². The van der Waals surface area contributed by atoms with Crippen LogP contribution in [0, 0.1) is 0 Å². The molecule has 0 aliphatic carbocycles. The van der Waals surface area contributed by atoms with Crippen molar-refractivity contribution in [2.45, 2.75) is 32.0 Å². The number of carbonyl (C=O) groups excluding carboxylic acids is 1. The number of hydrogen-bond donors (Lipinski definition) is 2. The standard InChI is InChI=1S/C12H19N3OS/c1-15-6-2-3-11(15)12(16)14-8-10-5-4-9(7-13)17-10/h4-5,11H,2-3,6-8,13H2,1H3,(H,14,16). The second kappa shape index (κ2) is 5.62. The van der Waals surface area contributed by atoms with Crippen LogP contribution in [0.4, 0.5) is 0 Å². The maximum atomic E-state index is 11.9. The number of likely N-dealkylation sites (tertiary alicyclic amines) is 1. The molecule has 1 aromatic heterocycles. The molecule has 2 rings (SSSR count). The first-order valence-electron chi connectivity index (χ1n) is 5.96. The Kier molecular flexibility index (Phi) is 4.15. The van der Waals surface area contributed by atoms with Crippen molar-refractivity contribution >= 4 is 17.2 Å². The summed E-state index contributed by atoms with van der Waals surface area (Å²) in [7, 11) is 2.01. The van der Waals surface area contributed by atoms with Gasteiger partial charge >= 0.3 is 0 Å². The summed E-state index contributed by atoms with van der Waals surface area (Å²) in [6, 6.07) is 4.11. The van der Waals surface area contributed by atoms with Crippen LogP contribution in [0.5, 0.6) is 0 Å². The predicted octanol–water partition coefficient (Wildman–Crippen LogP) is 0.917. The van der Waals surface area contributed by atoms with Crippen LogP contribution < -0.4 is 11.1 Å². The number of carbonyl (C=O) groups is 1. The Morgan fingerprint density at radius 2 is 2.35 bits per heavy atom. The Balaban J connectivity index is 1.83. The maximum absolute atomic E-state index is 11.9. The van der Waals surface area contributed by atoms with E-state index in [9.17, 15) is 4.79 Å². The van der Waals surface area contributed by atoms with E-state index in [0.717, 1.165) is 24.3 Å². The highest BCUT2D eigenvalue weighted by Crippen LogP contribution is 2.17. The van der Waals surface area contributed by atoms with Crippen LogP contribution in [-0.4, -0.2) is 30.4 Å². The molecule has 0 radical (unpaired) electrons. The molecule has 3 N–H and O–H groups in total. The molecule has 1 aliphatic heterocycles. The van der Waals surface area contributed by atoms with E-state index in [2.05, 4.69) is 10.2 Å². The van der Waals surface area contributed by atoms with Gasteiger partial charge in [-0.25, -0.2) is 0 Å². The maximum Gasteiger partial charge on any atom is 0.237 e. The largest absolute Gasteiger partial charge is 0.350 e. The smallest absolute Gasteiger partial charge is 0.237 e. The molecule has 1 fully saturated rings. The van der Waals surface area contributed by atoms with E-state index >= 15 is 0 Å². The van der Waals surface area contributed by atoms with Gasteiger partial charge < -0.3 is 11.1 Å². The first kappa shape index (κ1) is 12.5. The zero-order chi connectivity index (χ0) is 12.3. The highest BCUT2D eigenvalue weighted by atomic mass is 32.1. The van der Waals surface area contributed by atoms with Gasteiger partial charge in [-0.05, 0) is 38.6 Å². The molecule has 1 atom stereocenters. The highest BCUT2D eigenvalue weighted by molar-refractivity contribution is 7.11. The fraction of sp³-hybridized carbons (Fsp3) is 0.583. The van der Waals surface area contributed by atoms with Gasteiger partial charge in [0, 0.05) is 16.3 Å². The fourth-order valence-electron chi connectivity index (χ4n) is 2.16. The Hall–Kier alpha value is -0.910. The zero-order valence-electron chi connectivity index (χ0n) is 10.1. The third-order valence-corrected chi connectivity index (χ3v) is 4.29. The SMILES string of the molecule is CN1CCCC1C(=O)NCc1ccc(CN)s1. The summed E-state index contributed by atoms with van der Waals surface area (Å²) in [4.78, 5) is 16.4. The molecule has 4 nitrogen and oxygen atoms in total. The first-order chi connectivity index (χ1) is 8.20. The van der Waals surface area contributed by atoms with Gasteiger partial charge in [-0.3, -0.25) is 9.69 Å². The van der Waals surface area contributed by atoms with Crippen molar-refractivity contribution < 1.29 is 4.79 Å². The van der Waals surface area contributed by atoms with Gasteiger partial charge in [0.15, 0.2) is 0 Å². The Labute approximate surface area is 106 Å². The molecule has 17 heavy (non-hydrogen) atoms. The van der Waals surface area contributed by atoms with Crippen LogP contribution in [0.2, 0.25) is 0 Å². The molecule has 1 aromatic rings. The summed E-state index contributed by atoms with van der Waals surface area (Å²) >= 11 is 1.66. The summed E-state index contributed by atoms with van der Waals surface area (Å²) < 4.78 is 0. The highest BCUT2D eigenvalue weighted by Gasteiger charge is 2.27. The van der Waals surface area contributed by atoms with Crippen LogP contribution in [-0.2, 0) is 17.9 Å². The van der Waals surface area contributed by atoms with Crippen LogP contribution in [0.15, 0.2) is 12.1 Å². The molecule has 0 aromatic carbocycles. The monoisotopic (exact) mass is 253 g/mol. The minimum atomic E-state index is 0.0592. The van der Waals surface area contributed by atoms with E-state index in [-0.39, 0.29) is 11.9 Å². The quantitative estimate of drug-likeness (QED) is 0.839. The lowest BCUT2D eigenvalue weighted by molar-refractivity contribution is -0.125. The summed E-state index contributed by atoms with van der Waals surface area (Å²) in [5.74, 6) is 0.146. The molecular formula is C12H19N3OS. The van der Waals surface area contributed by atoms with Gasteiger partial charge in [0.1, 0.15) is 0 Å².